The first-order chi connectivity index (χ1) is 6.92. The number of fused-ring (bicyclic) bond motifs is 1. The molecule has 1 aliphatic rings. The first-order valence-corrected chi connectivity index (χ1v) is 5.24. The van der Waals surface area contributed by atoms with E-state index in [1.165, 1.54) is 11.8 Å². The average Bonchev–Trinajstić information content (AvgIpc) is 2.39. The highest BCUT2D eigenvalue weighted by Crippen LogP contribution is 2.38. The lowest BCUT2D eigenvalue weighted by molar-refractivity contribution is -0.156. The molecule has 0 saturated heterocycles. The van der Waals surface area contributed by atoms with Gasteiger partial charge in [0.1, 0.15) is 0 Å². The molecule has 0 unspecified atom stereocenters. The molecular weight excluding hydrogens is 262 g/mol. The molecule has 0 aliphatic carbocycles. The predicted molar refractivity (Wildman–Crippen MR) is 58.3 cm³/mol. The van der Waals surface area contributed by atoms with Gasteiger partial charge in [0.15, 0.2) is 0 Å². The molecule has 1 aromatic rings. The van der Waals surface area contributed by atoms with E-state index in [9.17, 15) is 15.0 Å². The lowest BCUT2D eigenvalue weighted by Crippen LogP contribution is -2.35. The second-order valence-corrected chi connectivity index (χ2v) is 4.50. The van der Waals surface area contributed by atoms with Gasteiger partial charge >= 0.3 is 0 Å². The number of halogens is 1. The molecule has 4 nitrogen and oxygen atoms in total. The molecule has 0 bridgehead atoms. The van der Waals surface area contributed by atoms with E-state index >= 15 is 0 Å². The topological polar surface area (TPSA) is 60.8 Å². The summed E-state index contributed by atoms with van der Waals surface area (Å²) in [6.45, 7) is 1.28. The number of amides is 1. The van der Waals surface area contributed by atoms with Crippen LogP contribution in [0, 0.1) is 0 Å². The maximum atomic E-state index is 11.3. The molecule has 1 aromatic carbocycles. The van der Waals surface area contributed by atoms with Crippen molar-refractivity contribution < 1.29 is 15.0 Å². The number of benzene rings is 1. The molecule has 5 heteroatoms. The summed E-state index contributed by atoms with van der Waals surface area (Å²) in [5.74, 6) is -2.16. The lowest BCUT2D eigenvalue weighted by Gasteiger charge is -2.16. The van der Waals surface area contributed by atoms with Crippen molar-refractivity contribution >= 4 is 27.5 Å². The highest BCUT2D eigenvalue weighted by Gasteiger charge is 2.41. The molecule has 1 heterocycles. The molecule has 80 valence electrons. The smallest absolute Gasteiger partial charge is 0.224 e. The van der Waals surface area contributed by atoms with Crippen LogP contribution in [0.15, 0.2) is 22.7 Å². The fourth-order valence-corrected chi connectivity index (χ4v) is 2.10. The normalized spacial score (nSPS) is 17.7. The maximum Gasteiger partial charge on any atom is 0.224 e. The van der Waals surface area contributed by atoms with Crippen molar-refractivity contribution in [2.75, 3.05) is 11.4 Å². The van der Waals surface area contributed by atoms with Gasteiger partial charge in [-0.05, 0) is 18.2 Å². The van der Waals surface area contributed by atoms with E-state index in [-0.39, 0.29) is 12.5 Å². The molecule has 0 radical (unpaired) electrons. The highest BCUT2D eigenvalue weighted by molar-refractivity contribution is 9.10. The van der Waals surface area contributed by atoms with Crippen molar-refractivity contribution in [3.63, 3.8) is 0 Å². The van der Waals surface area contributed by atoms with Crippen LogP contribution in [-0.4, -0.2) is 22.7 Å². The van der Waals surface area contributed by atoms with Gasteiger partial charge in [-0.3, -0.25) is 4.79 Å². The van der Waals surface area contributed by atoms with Crippen molar-refractivity contribution in [3.8, 4) is 0 Å². The van der Waals surface area contributed by atoms with Crippen LogP contribution in [-0.2, 0) is 10.6 Å². The molecule has 15 heavy (non-hydrogen) atoms. The Hall–Kier alpha value is -0.910. The first kappa shape index (κ1) is 10.6. The van der Waals surface area contributed by atoms with E-state index in [1.54, 1.807) is 18.2 Å². The van der Waals surface area contributed by atoms with Crippen LogP contribution in [0.1, 0.15) is 12.5 Å². The number of carbonyl (C=O) groups excluding carboxylic acids is 1. The van der Waals surface area contributed by atoms with E-state index in [0.717, 1.165) is 4.47 Å². The van der Waals surface area contributed by atoms with E-state index in [2.05, 4.69) is 15.9 Å². The van der Waals surface area contributed by atoms with Crippen LogP contribution in [0.3, 0.4) is 0 Å². The predicted octanol–water partition coefficient (Wildman–Crippen LogP) is 0.953. The minimum atomic E-state index is -1.95. The standard InChI is InChI=1S/C10H10BrNO3/c1-6(13)12-5-10(14,15)8-4-7(11)2-3-9(8)12/h2-4,14-15H,5H2,1H3. The number of nitrogens with zero attached hydrogens (tertiary/aromatic N) is 1. The highest BCUT2D eigenvalue weighted by atomic mass is 79.9. The second kappa shape index (κ2) is 3.30. The third-order valence-corrected chi connectivity index (χ3v) is 2.93. The Morgan fingerprint density at radius 1 is 1.53 bits per heavy atom. The van der Waals surface area contributed by atoms with Gasteiger partial charge in [-0.1, -0.05) is 15.9 Å². The molecular formula is C10H10BrNO3. The Morgan fingerprint density at radius 3 is 2.80 bits per heavy atom. The zero-order valence-corrected chi connectivity index (χ0v) is 9.65. The summed E-state index contributed by atoms with van der Waals surface area (Å²) in [4.78, 5) is 12.6. The van der Waals surface area contributed by atoms with Crippen LogP contribution in [0.4, 0.5) is 5.69 Å². The summed E-state index contributed by atoms with van der Waals surface area (Å²) in [6, 6.07) is 5.06. The van der Waals surface area contributed by atoms with E-state index < -0.39 is 5.79 Å². The molecule has 0 aromatic heterocycles. The van der Waals surface area contributed by atoms with Crippen molar-refractivity contribution in [3.05, 3.63) is 28.2 Å². The lowest BCUT2D eigenvalue weighted by atomic mass is 10.1. The van der Waals surface area contributed by atoms with Gasteiger partial charge in [-0.25, -0.2) is 0 Å². The van der Waals surface area contributed by atoms with E-state index in [1.807, 2.05) is 0 Å². The van der Waals surface area contributed by atoms with Crippen molar-refractivity contribution in [1.82, 2.24) is 0 Å². The summed E-state index contributed by atoms with van der Waals surface area (Å²) in [7, 11) is 0. The molecule has 2 rings (SSSR count). The fourth-order valence-electron chi connectivity index (χ4n) is 1.74. The minimum Gasteiger partial charge on any atom is -0.360 e. The number of hydrogen-bond acceptors (Lipinski definition) is 3. The van der Waals surface area contributed by atoms with Gasteiger partial charge in [0.25, 0.3) is 0 Å². The Morgan fingerprint density at radius 2 is 2.20 bits per heavy atom. The van der Waals surface area contributed by atoms with Crippen molar-refractivity contribution in [1.29, 1.82) is 0 Å². The Balaban J connectivity index is 2.58. The number of carbonyl (C=O) groups is 1. The van der Waals surface area contributed by atoms with Crippen LogP contribution in [0.5, 0.6) is 0 Å². The Labute approximate surface area is 95.3 Å². The minimum absolute atomic E-state index is 0.117. The van der Waals surface area contributed by atoms with Gasteiger partial charge in [0, 0.05) is 17.0 Å². The zero-order valence-electron chi connectivity index (χ0n) is 8.07. The molecule has 1 amide bonds. The average molecular weight is 272 g/mol. The quantitative estimate of drug-likeness (QED) is 0.691. The molecule has 2 N–H and O–H groups in total. The molecule has 0 saturated carbocycles. The van der Waals surface area contributed by atoms with Crippen LogP contribution in [0.25, 0.3) is 0 Å². The molecule has 1 aliphatic heterocycles. The van der Waals surface area contributed by atoms with Gasteiger partial charge in [0.05, 0.1) is 12.2 Å². The Bertz CT molecular complexity index is 431. The van der Waals surface area contributed by atoms with Gasteiger partial charge in [0.2, 0.25) is 11.7 Å². The van der Waals surface area contributed by atoms with Gasteiger partial charge in [-0.15, -0.1) is 0 Å². The largest absolute Gasteiger partial charge is 0.360 e. The van der Waals surface area contributed by atoms with Crippen molar-refractivity contribution in [2.45, 2.75) is 12.7 Å². The summed E-state index contributed by atoms with van der Waals surface area (Å²) < 4.78 is 0.749. The van der Waals surface area contributed by atoms with Gasteiger partial charge in [-0.2, -0.15) is 0 Å². The third kappa shape index (κ3) is 1.67. The summed E-state index contributed by atoms with van der Waals surface area (Å²) in [5.41, 5.74) is 0.905. The maximum absolute atomic E-state index is 11.3. The van der Waals surface area contributed by atoms with Crippen LogP contribution >= 0.6 is 15.9 Å². The van der Waals surface area contributed by atoms with Crippen LogP contribution < -0.4 is 4.90 Å². The number of anilines is 1. The van der Waals surface area contributed by atoms with Crippen molar-refractivity contribution in [2.24, 2.45) is 0 Å². The monoisotopic (exact) mass is 271 g/mol. The number of aliphatic hydroxyl groups is 2. The van der Waals surface area contributed by atoms with E-state index in [0.29, 0.717) is 11.3 Å². The third-order valence-electron chi connectivity index (χ3n) is 2.44. The molecule has 0 spiro atoms. The zero-order chi connectivity index (χ0) is 11.2. The first-order valence-electron chi connectivity index (χ1n) is 4.45. The van der Waals surface area contributed by atoms with Gasteiger partial charge < -0.3 is 15.1 Å². The summed E-state index contributed by atoms with van der Waals surface area (Å²) in [5, 5.41) is 19.5. The fraction of sp³-hybridized carbons (Fsp3) is 0.300. The molecule has 0 fully saturated rings. The Kier molecular flexibility index (Phi) is 2.33. The number of rotatable bonds is 0. The summed E-state index contributed by atoms with van der Waals surface area (Å²) >= 11 is 3.25. The van der Waals surface area contributed by atoms with Crippen LogP contribution in [0.2, 0.25) is 0 Å². The number of hydrogen-bond donors (Lipinski definition) is 2. The van der Waals surface area contributed by atoms with E-state index in [4.69, 9.17) is 0 Å². The second-order valence-electron chi connectivity index (χ2n) is 3.58. The SMILES string of the molecule is CC(=O)N1CC(O)(O)c2cc(Br)ccc21. The summed E-state index contributed by atoms with van der Waals surface area (Å²) in [6.07, 6.45) is 0. The molecule has 0 atom stereocenters. The number of β-amino-alcohol motifs (C(OH)–C–C–N with tert-alkyl or cyclic N) is 2.